The first-order chi connectivity index (χ1) is 5.79. The summed E-state index contributed by atoms with van der Waals surface area (Å²) in [5, 5.41) is 11.4. The average molecular weight is 175 g/mol. The molecule has 0 atom stereocenters. The van der Waals surface area contributed by atoms with Gasteiger partial charge in [-0.25, -0.2) is 0 Å². The van der Waals surface area contributed by atoms with Gasteiger partial charge in [0.1, 0.15) is 9.52 Å². The summed E-state index contributed by atoms with van der Waals surface area (Å²) in [5.74, 6) is 2.90. The number of fused-ring (bicyclic) bond motifs is 1. The highest BCUT2D eigenvalue weighted by molar-refractivity contribution is 6.65. The van der Waals surface area contributed by atoms with E-state index in [0.717, 1.165) is 10.8 Å². The molecular formula is C8H5NO2Si. The van der Waals surface area contributed by atoms with E-state index in [1.54, 1.807) is 12.1 Å². The van der Waals surface area contributed by atoms with Crippen molar-refractivity contribution in [1.29, 1.82) is 0 Å². The van der Waals surface area contributed by atoms with E-state index in [1.165, 1.54) is 0 Å². The van der Waals surface area contributed by atoms with Gasteiger partial charge >= 0.3 is 0 Å². The lowest BCUT2D eigenvalue weighted by Crippen LogP contribution is -2.17. The van der Waals surface area contributed by atoms with Gasteiger partial charge in [-0.2, -0.15) is 0 Å². The third-order valence-electron chi connectivity index (χ3n) is 1.84. The molecule has 1 aromatic carbocycles. The molecule has 1 aliphatic rings. The Kier molecular flexibility index (Phi) is 1.45. The summed E-state index contributed by atoms with van der Waals surface area (Å²) in [5.41, 5.74) is 4.06. The van der Waals surface area contributed by atoms with Crippen LogP contribution in [0.3, 0.4) is 0 Å². The van der Waals surface area contributed by atoms with E-state index in [9.17, 15) is 10.1 Å². The van der Waals surface area contributed by atoms with Gasteiger partial charge < -0.3 is 0 Å². The molecule has 0 unspecified atom stereocenters. The van der Waals surface area contributed by atoms with Gasteiger partial charge in [0.05, 0.1) is 4.92 Å². The second-order valence-corrected chi connectivity index (χ2v) is 3.95. The van der Waals surface area contributed by atoms with Crippen molar-refractivity contribution in [2.75, 3.05) is 0 Å². The Morgan fingerprint density at radius 3 is 3.08 bits per heavy atom. The molecule has 0 saturated carbocycles. The smallest absolute Gasteiger partial charge is 0.258 e. The summed E-state index contributed by atoms with van der Waals surface area (Å²) in [6.07, 6.45) is 0. The highest BCUT2D eigenvalue weighted by atomic mass is 28.2. The zero-order valence-electron chi connectivity index (χ0n) is 6.20. The molecule has 0 amide bonds. The van der Waals surface area contributed by atoms with E-state index in [0.29, 0.717) is 0 Å². The van der Waals surface area contributed by atoms with E-state index >= 15 is 0 Å². The molecule has 0 aliphatic carbocycles. The minimum atomic E-state index is -0.683. The predicted octanol–water partition coefficient (Wildman–Crippen LogP) is -0.289. The van der Waals surface area contributed by atoms with Crippen LogP contribution in [0.4, 0.5) is 5.69 Å². The Hall–Kier alpha value is -1.60. The molecule has 0 saturated heterocycles. The number of nitrogens with zero attached hydrogens (tertiary/aromatic N) is 1. The Morgan fingerprint density at radius 2 is 2.33 bits per heavy atom. The van der Waals surface area contributed by atoms with Gasteiger partial charge in [0, 0.05) is 16.8 Å². The molecule has 3 nitrogen and oxygen atoms in total. The summed E-state index contributed by atoms with van der Waals surface area (Å²) in [7, 11) is -0.683. The van der Waals surface area contributed by atoms with Crippen LogP contribution in [0.5, 0.6) is 0 Å². The first-order valence-electron chi connectivity index (χ1n) is 3.54. The van der Waals surface area contributed by atoms with Crippen molar-refractivity contribution in [1.82, 2.24) is 0 Å². The zero-order valence-corrected chi connectivity index (χ0v) is 7.62. The topological polar surface area (TPSA) is 43.1 Å². The van der Waals surface area contributed by atoms with E-state index in [4.69, 9.17) is 0 Å². The van der Waals surface area contributed by atoms with Crippen molar-refractivity contribution in [2.24, 2.45) is 0 Å². The number of hydrogen-bond acceptors (Lipinski definition) is 2. The Labute approximate surface area is 71.4 Å². The van der Waals surface area contributed by atoms with Crippen LogP contribution in [-0.2, 0) is 0 Å². The van der Waals surface area contributed by atoms with Crippen molar-refractivity contribution in [3.63, 3.8) is 0 Å². The summed E-state index contributed by atoms with van der Waals surface area (Å²) < 4.78 is 0. The standard InChI is InChI=1S/C8H5NO2Si/c10-9(11)7-3-1-2-6-4-5-12-8(6)7/h1-3H,12H2. The first-order valence-corrected chi connectivity index (χ1v) is 4.95. The predicted molar refractivity (Wildman–Crippen MR) is 48.2 cm³/mol. The fraction of sp³-hybridized carbons (Fsp3) is 0. The van der Waals surface area contributed by atoms with Gasteiger partial charge in [-0.1, -0.05) is 12.0 Å². The number of hydrogen-bond donors (Lipinski definition) is 0. The summed E-state index contributed by atoms with van der Waals surface area (Å²) >= 11 is 0. The fourth-order valence-electron chi connectivity index (χ4n) is 1.28. The molecule has 0 spiro atoms. The molecule has 12 heavy (non-hydrogen) atoms. The van der Waals surface area contributed by atoms with Gasteiger partial charge in [-0.3, -0.25) is 10.1 Å². The summed E-state index contributed by atoms with van der Waals surface area (Å²) in [4.78, 5) is 10.2. The molecule has 1 aromatic rings. The van der Waals surface area contributed by atoms with Gasteiger partial charge in [0.15, 0.2) is 0 Å². The molecule has 4 heteroatoms. The van der Waals surface area contributed by atoms with Crippen LogP contribution in [0.2, 0.25) is 0 Å². The molecule has 0 fully saturated rings. The normalized spacial score (nSPS) is 13.7. The van der Waals surface area contributed by atoms with Crippen molar-refractivity contribution < 1.29 is 4.92 Å². The number of benzene rings is 1. The maximum Gasteiger partial charge on any atom is 0.270 e. The van der Waals surface area contributed by atoms with E-state index in [2.05, 4.69) is 11.5 Å². The summed E-state index contributed by atoms with van der Waals surface area (Å²) in [6, 6.07) is 5.07. The van der Waals surface area contributed by atoms with Crippen LogP contribution in [0.15, 0.2) is 18.2 Å². The van der Waals surface area contributed by atoms with Crippen LogP contribution >= 0.6 is 0 Å². The average Bonchev–Trinajstić information content (AvgIpc) is 2.49. The third-order valence-corrected chi connectivity index (χ3v) is 3.29. The number of nitro groups is 1. The molecular weight excluding hydrogens is 170 g/mol. The molecule has 1 aliphatic heterocycles. The highest BCUT2D eigenvalue weighted by Gasteiger charge is 2.17. The van der Waals surface area contributed by atoms with Crippen molar-refractivity contribution in [3.8, 4) is 11.5 Å². The highest BCUT2D eigenvalue weighted by Crippen LogP contribution is 2.10. The second-order valence-electron chi connectivity index (χ2n) is 2.54. The van der Waals surface area contributed by atoms with Crippen molar-refractivity contribution in [3.05, 3.63) is 33.9 Å². The fourth-order valence-corrected chi connectivity index (χ4v) is 2.56. The van der Waals surface area contributed by atoms with E-state index in [1.807, 2.05) is 6.07 Å². The lowest BCUT2D eigenvalue weighted by atomic mass is 10.2. The molecule has 58 valence electrons. The van der Waals surface area contributed by atoms with E-state index in [-0.39, 0.29) is 10.6 Å². The molecule has 2 rings (SSSR count). The lowest BCUT2D eigenvalue weighted by Gasteiger charge is -1.97. The maximum atomic E-state index is 10.5. The van der Waals surface area contributed by atoms with Crippen LogP contribution in [-0.4, -0.2) is 14.4 Å². The summed E-state index contributed by atoms with van der Waals surface area (Å²) in [6.45, 7) is 0. The van der Waals surface area contributed by atoms with Gasteiger partial charge in [0.25, 0.3) is 5.69 Å². The quantitative estimate of drug-likeness (QED) is 0.255. The minimum Gasteiger partial charge on any atom is -0.258 e. The first kappa shape index (κ1) is 7.07. The lowest BCUT2D eigenvalue weighted by molar-refractivity contribution is -0.383. The molecule has 0 bridgehead atoms. The molecule has 0 aromatic heterocycles. The number of nitro benzene ring substituents is 1. The van der Waals surface area contributed by atoms with Gasteiger partial charge in [0.2, 0.25) is 0 Å². The van der Waals surface area contributed by atoms with E-state index < -0.39 is 9.52 Å². The maximum absolute atomic E-state index is 10.5. The van der Waals surface area contributed by atoms with Gasteiger partial charge in [-0.15, -0.1) is 5.54 Å². The largest absolute Gasteiger partial charge is 0.270 e. The Bertz CT molecular complexity index is 417. The Balaban J connectivity index is 2.62. The van der Waals surface area contributed by atoms with Crippen LogP contribution < -0.4 is 5.19 Å². The van der Waals surface area contributed by atoms with Crippen LogP contribution in [0.25, 0.3) is 0 Å². The van der Waals surface area contributed by atoms with Gasteiger partial charge in [-0.05, 0) is 6.07 Å². The van der Waals surface area contributed by atoms with Crippen molar-refractivity contribution in [2.45, 2.75) is 0 Å². The minimum absolute atomic E-state index is 0.233. The Morgan fingerprint density at radius 1 is 1.50 bits per heavy atom. The molecule has 0 N–H and O–H groups in total. The molecule has 1 heterocycles. The number of rotatable bonds is 1. The molecule has 0 radical (unpaired) electrons. The van der Waals surface area contributed by atoms with Crippen molar-refractivity contribution >= 4 is 20.4 Å². The zero-order chi connectivity index (χ0) is 8.55. The van der Waals surface area contributed by atoms with Crippen LogP contribution in [0, 0.1) is 21.6 Å². The SMILES string of the molecule is O=[N+]([O-])c1cccc2c1[SiH2]C#C2. The van der Waals surface area contributed by atoms with Crippen LogP contribution in [0.1, 0.15) is 5.56 Å². The monoisotopic (exact) mass is 175 g/mol. The third kappa shape index (κ3) is 0.916. The second kappa shape index (κ2) is 2.46.